The maximum absolute atomic E-state index is 12.8. The first kappa shape index (κ1) is 53.2. The van der Waals surface area contributed by atoms with Gasteiger partial charge in [-0.3, -0.25) is 0 Å². The monoisotopic (exact) mass is 980 g/mol. The van der Waals surface area contributed by atoms with Crippen LogP contribution in [-0.2, 0) is 31.5 Å². The molecule has 316 valence electrons. The standard InChI is InChI=1S/2C12H24O2.C4H4O4.4C4H9.2Sn/c2*1-2-3-4-5-6-7-8-9-10-11-12(13)14;5-3(6)1-2-4(7)8;4*1-3-4-2;;/h2*2-11H2,1H3,(H,13,14);1-2H,(H,5,6)(H,7,8);4*1,3-4H2,2H3;;/q;;;;;;;2*+2/p-4. The fourth-order valence-corrected chi connectivity index (χ4v) is 26.3. The molecule has 10 heteroatoms. The number of hydrogen-bond acceptors (Lipinski definition) is 8. The molecule has 0 unspecified atom stereocenters. The number of carbonyl (C=O) groups is 4. The van der Waals surface area contributed by atoms with Crippen LogP contribution < -0.4 is 0 Å². The van der Waals surface area contributed by atoms with Crippen LogP contribution >= 0.6 is 0 Å². The molecule has 1 heterocycles. The molecule has 0 saturated carbocycles. The van der Waals surface area contributed by atoms with Gasteiger partial charge in [-0.25, -0.2) is 0 Å². The molecule has 0 aromatic heterocycles. The molecular formula is C44H84O8Sn2. The number of hydrogen-bond donors (Lipinski definition) is 0. The van der Waals surface area contributed by atoms with Gasteiger partial charge in [-0.05, 0) is 0 Å². The third-order valence-electron chi connectivity index (χ3n) is 10.1. The van der Waals surface area contributed by atoms with E-state index in [4.69, 9.17) is 12.3 Å². The summed E-state index contributed by atoms with van der Waals surface area (Å²) in [6.07, 6.45) is 33.5. The van der Waals surface area contributed by atoms with Gasteiger partial charge in [-0.15, -0.1) is 0 Å². The summed E-state index contributed by atoms with van der Waals surface area (Å²) in [4.78, 5) is 48.6. The average Bonchev–Trinajstić information content (AvgIpc) is 3.30. The summed E-state index contributed by atoms with van der Waals surface area (Å²) in [5.41, 5.74) is 0. The minimum absolute atomic E-state index is 0.109. The molecule has 1 rings (SSSR count). The van der Waals surface area contributed by atoms with E-state index < -0.39 is 50.3 Å². The average molecular weight is 979 g/mol. The predicted molar refractivity (Wildman–Crippen MR) is 228 cm³/mol. The van der Waals surface area contributed by atoms with Gasteiger partial charge in [-0.2, -0.15) is 0 Å². The van der Waals surface area contributed by atoms with Gasteiger partial charge < -0.3 is 0 Å². The van der Waals surface area contributed by atoms with Gasteiger partial charge in [-0.1, -0.05) is 13.8 Å². The van der Waals surface area contributed by atoms with Gasteiger partial charge in [0.15, 0.2) is 0 Å². The van der Waals surface area contributed by atoms with E-state index in [1.165, 1.54) is 102 Å². The van der Waals surface area contributed by atoms with E-state index in [2.05, 4.69) is 41.5 Å². The molecule has 0 aromatic rings. The molecule has 1 aliphatic rings. The van der Waals surface area contributed by atoms with Crippen molar-refractivity contribution in [2.24, 2.45) is 0 Å². The van der Waals surface area contributed by atoms with Crippen molar-refractivity contribution in [1.82, 2.24) is 0 Å². The van der Waals surface area contributed by atoms with Gasteiger partial charge in [0.1, 0.15) is 0 Å². The molecule has 0 saturated heterocycles. The third-order valence-corrected chi connectivity index (χ3v) is 29.6. The first-order chi connectivity index (χ1) is 26.1. The predicted octanol–water partition coefficient (Wildman–Crippen LogP) is 13.6. The molecule has 0 spiro atoms. The van der Waals surface area contributed by atoms with Crippen molar-refractivity contribution >= 4 is 62.3 Å². The van der Waals surface area contributed by atoms with Crippen molar-refractivity contribution in [2.75, 3.05) is 0 Å². The maximum atomic E-state index is 12.8. The van der Waals surface area contributed by atoms with E-state index in [1.807, 2.05) is 0 Å². The van der Waals surface area contributed by atoms with Crippen LogP contribution in [0.1, 0.15) is 221 Å². The molecular weight excluding hydrogens is 894 g/mol. The molecule has 0 atom stereocenters. The normalized spacial score (nSPS) is 13.7. The van der Waals surface area contributed by atoms with Crippen LogP contribution in [0.3, 0.4) is 0 Å². The van der Waals surface area contributed by atoms with Gasteiger partial charge in [0.2, 0.25) is 0 Å². The van der Waals surface area contributed by atoms with Crippen LogP contribution in [0, 0.1) is 0 Å². The SMILES string of the molecule is CCCCCCCCCCCC(=O)[O][Sn]([CH2]CCC)([CH2]CCC)[O]C(=O)CCCCCCCCCCC.CCC[CH2][Sn]1([CH2]CCC)[O]C(=O)C=CC(=O)[O]1. The Morgan fingerprint density at radius 3 is 1.07 bits per heavy atom. The number of carbonyl (C=O) groups excluding carboxylic acids is 4. The van der Waals surface area contributed by atoms with E-state index in [9.17, 15) is 19.2 Å². The Labute approximate surface area is 342 Å². The van der Waals surface area contributed by atoms with E-state index >= 15 is 0 Å². The van der Waals surface area contributed by atoms with Crippen molar-refractivity contribution < 1.29 is 31.5 Å². The fraction of sp³-hybridized carbons (Fsp3) is 0.864. The molecule has 54 heavy (non-hydrogen) atoms. The number of rotatable bonds is 34. The third kappa shape index (κ3) is 29.5. The summed E-state index contributed by atoms with van der Waals surface area (Å²) >= 11 is -7.25. The van der Waals surface area contributed by atoms with Crippen molar-refractivity contribution in [1.29, 1.82) is 0 Å². The summed E-state index contributed by atoms with van der Waals surface area (Å²) in [5, 5.41) is 0. The van der Waals surface area contributed by atoms with Crippen LogP contribution in [0.15, 0.2) is 12.2 Å². The Balaban J connectivity index is 0.00000137. The fourth-order valence-electron chi connectivity index (χ4n) is 6.73. The Hall–Kier alpha value is -0.783. The zero-order chi connectivity index (χ0) is 40.2. The Morgan fingerprint density at radius 2 is 0.759 bits per heavy atom. The summed E-state index contributed by atoms with van der Waals surface area (Å²) in [7, 11) is 0. The van der Waals surface area contributed by atoms with Crippen LogP contribution in [0.5, 0.6) is 0 Å². The van der Waals surface area contributed by atoms with Crippen molar-refractivity contribution in [3.05, 3.63) is 12.2 Å². The second-order valence-electron chi connectivity index (χ2n) is 15.5. The first-order valence-electron chi connectivity index (χ1n) is 22.7. The summed E-state index contributed by atoms with van der Waals surface area (Å²) in [6, 6.07) is 0. The first-order valence-corrected chi connectivity index (χ1v) is 35.5. The minimum atomic E-state index is -3.76. The van der Waals surface area contributed by atoms with E-state index in [1.54, 1.807) is 0 Å². The summed E-state index contributed by atoms with van der Waals surface area (Å²) in [6.45, 7) is 13.0. The van der Waals surface area contributed by atoms with Crippen molar-refractivity contribution in [3.63, 3.8) is 0 Å². The van der Waals surface area contributed by atoms with Crippen molar-refractivity contribution in [2.45, 2.75) is 239 Å². The zero-order valence-electron chi connectivity index (χ0n) is 36.0. The van der Waals surface area contributed by atoms with E-state index in [0.29, 0.717) is 12.8 Å². The molecule has 0 amide bonds. The summed E-state index contributed by atoms with van der Waals surface area (Å²) < 4.78 is 26.6. The molecule has 1 aliphatic heterocycles. The van der Waals surface area contributed by atoms with Crippen LogP contribution in [0.25, 0.3) is 0 Å². The zero-order valence-corrected chi connectivity index (χ0v) is 41.8. The van der Waals surface area contributed by atoms with Crippen molar-refractivity contribution in [3.8, 4) is 0 Å². The molecule has 0 aliphatic carbocycles. The molecule has 0 N–H and O–H groups in total. The molecule has 0 fully saturated rings. The van der Waals surface area contributed by atoms with E-state index in [0.717, 1.165) is 94.8 Å². The molecule has 0 aromatic carbocycles. The quantitative estimate of drug-likeness (QED) is 0.0464. The Bertz CT molecular complexity index is 910. The second-order valence-corrected chi connectivity index (χ2v) is 34.0. The Morgan fingerprint density at radius 1 is 0.463 bits per heavy atom. The van der Waals surface area contributed by atoms with Gasteiger partial charge in [0.25, 0.3) is 0 Å². The Kier molecular flexibility index (Phi) is 36.0. The number of unbranched alkanes of at least 4 members (excludes halogenated alkanes) is 20. The van der Waals surface area contributed by atoms with Crippen LogP contribution in [0.2, 0.25) is 17.7 Å². The van der Waals surface area contributed by atoms with Gasteiger partial charge in [0, 0.05) is 0 Å². The second kappa shape index (κ2) is 36.6. The van der Waals surface area contributed by atoms with Crippen LogP contribution in [-0.4, -0.2) is 62.3 Å². The van der Waals surface area contributed by atoms with Gasteiger partial charge in [0.05, 0.1) is 0 Å². The molecule has 0 radical (unpaired) electrons. The van der Waals surface area contributed by atoms with E-state index in [-0.39, 0.29) is 11.9 Å². The van der Waals surface area contributed by atoms with Gasteiger partial charge >= 0.3 is 331 Å². The molecule has 8 nitrogen and oxygen atoms in total. The van der Waals surface area contributed by atoms with Crippen LogP contribution in [0.4, 0.5) is 0 Å². The molecule has 0 bridgehead atoms. The summed E-state index contributed by atoms with van der Waals surface area (Å²) in [5.74, 6) is -1.03. The topological polar surface area (TPSA) is 105 Å².